The van der Waals surface area contributed by atoms with Gasteiger partial charge in [-0.15, -0.1) is 0 Å². The summed E-state index contributed by atoms with van der Waals surface area (Å²) in [5.74, 6) is 0.943. The third-order valence-corrected chi connectivity index (χ3v) is 4.21. The lowest BCUT2D eigenvalue weighted by Gasteiger charge is -2.10. The number of hydrogen-bond acceptors (Lipinski definition) is 6. The Balaban J connectivity index is 1.88. The van der Waals surface area contributed by atoms with E-state index in [9.17, 15) is 9.59 Å². The summed E-state index contributed by atoms with van der Waals surface area (Å²) in [6.45, 7) is 3.45. The third-order valence-electron chi connectivity index (χ3n) is 3.68. The molecule has 0 amide bonds. The van der Waals surface area contributed by atoms with Gasteiger partial charge in [0.25, 0.3) is 0 Å². The molecular weight excluding hydrogens is 416 g/mol. The molecule has 3 aromatic rings. The molecule has 0 aliphatic rings. The van der Waals surface area contributed by atoms with E-state index in [2.05, 4.69) is 15.9 Å². The van der Waals surface area contributed by atoms with Gasteiger partial charge in [0.2, 0.25) is 11.2 Å². The monoisotopic (exact) mass is 432 g/mol. The molecule has 3 rings (SSSR count). The van der Waals surface area contributed by atoms with Crippen molar-refractivity contribution in [1.29, 1.82) is 0 Å². The van der Waals surface area contributed by atoms with Crippen LogP contribution in [0.3, 0.4) is 0 Å². The van der Waals surface area contributed by atoms with E-state index in [0.717, 1.165) is 4.47 Å². The van der Waals surface area contributed by atoms with Gasteiger partial charge in [0.15, 0.2) is 6.61 Å². The van der Waals surface area contributed by atoms with Gasteiger partial charge < -0.3 is 18.6 Å². The van der Waals surface area contributed by atoms with Crippen LogP contribution in [0.25, 0.3) is 11.0 Å². The Morgan fingerprint density at radius 3 is 2.52 bits per heavy atom. The SMILES string of the molecule is CCOC(=O)COc1ccc2c(=O)c(Oc3ccc(Br)cc3)c(C)oc2c1. The second-order valence-electron chi connectivity index (χ2n) is 5.62. The second kappa shape index (κ2) is 8.26. The molecule has 0 saturated carbocycles. The quantitative estimate of drug-likeness (QED) is 0.529. The lowest BCUT2D eigenvalue weighted by atomic mass is 10.2. The molecule has 140 valence electrons. The maximum atomic E-state index is 12.8. The normalized spacial score (nSPS) is 10.6. The molecule has 0 atom stereocenters. The van der Waals surface area contributed by atoms with E-state index >= 15 is 0 Å². The number of esters is 1. The fourth-order valence-corrected chi connectivity index (χ4v) is 2.71. The predicted molar refractivity (Wildman–Crippen MR) is 104 cm³/mol. The predicted octanol–water partition coefficient (Wildman–Crippen LogP) is 4.60. The van der Waals surface area contributed by atoms with E-state index in [1.54, 1.807) is 44.2 Å². The molecule has 27 heavy (non-hydrogen) atoms. The molecule has 7 heteroatoms. The number of carbonyl (C=O) groups is 1. The highest BCUT2D eigenvalue weighted by Gasteiger charge is 2.15. The van der Waals surface area contributed by atoms with Gasteiger partial charge in [-0.05, 0) is 50.2 Å². The first-order valence-corrected chi connectivity index (χ1v) is 9.06. The molecule has 6 nitrogen and oxygen atoms in total. The van der Waals surface area contributed by atoms with Crippen molar-refractivity contribution in [1.82, 2.24) is 0 Å². The van der Waals surface area contributed by atoms with Crippen LogP contribution in [-0.4, -0.2) is 19.2 Å². The summed E-state index contributed by atoms with van der Waals surface area (Å²) < 4.78 is 22.5. The zero-order valence-corrected chi connectivity index (χ0v) is 16.4. The molecule has 0 fully saturated rings. The molecule has 0 spiro atoms. The van der Waals surface area contributed by atoms with Crippen molar-refractivity contribution in [2.24, 2.45) is 0 Å². The van der Waals surface area contributed by atoms with Crippen LogP contribution in [0.15, 0.2) is 56.1 Å². The Kier molecular flexibility index (Phi) is 5.81. The van der Waals surface area contributed by atoms with E-state index in [-0.39, 0.29) is 24.4 Å². The molecule has 0 radical (unpaired) electrons. The minimum absolute atomic E-state index is 0.130. The molecule has 2 aromatic carbocycles. The average molecular weight is 433 g/mol. The summed E-state index contributed by atoms with van der Waals surface area (Å²) in [5.41, 5.74) is 0.0654. The zero-order valence-electron chi connectivity index (χ0n) is 14.8. The number of halogens is 1. The van der Waals surface area contributed by atoms with Crippen LogP contribution in [0.4, 0.5) is 0 Å². The maximum absolute atomic E-state index is 12.8. The Morgan fingerprint density at radius 2 is 1.81 bits per heavy atom. The number of fused-ring (bicyclic) bond motifs is 1. The van der Waals surface area contributed by atoms with Crippen LogP contribution >= 0.6 is 15.9 Å². The average Bonchev–Trinajstić information content (AvgIpc) is 2.65. The van der Waals surface area contributed by atoms with Gasteiger partial charge in [0.1, 0.15) is 22.8 Å². The van der Waals surface area contributed by atoms with Crippen molar-refractivity contribution in [3.63, 3.8) is 0 Å². The highest BCUT2D eigenvalue weighted by Crippen LogP contribution is 2.28. The first kappa shape index (κ1) is 19.0. The smallest absolute Gasteiger partial charge is 0.344 e. The highest BCUT2D eigenvalue weighted by molar-refractivity contribution is 9.10. The van der Waals surface area contributed by atoms with Crippen LogP contribution in [-0.2, 0) is 9.53 Å². The minimum atomic E-state index is -0.464. The molecule has 1 aromatic heterocycles. The van der Waals surface area contributed by atoms with Crippen LogP contribution in [0, 0.1) is 6.92 Å². The Bertz CT molecular complexity index is 1020. The van der Waals surface area contributed by atoms with E-state index in [0.29, 0.717) is 28.2 Å². The summed E-state index contributed by atoms with van der Waals surface area (Å²) in [4.78, 5) is 24.2. The van der Waals surface area contributed by atoms with Crippen molar-refractivity contribution >= 4 is 32.9 Å². The van der Waals surface area contributed by atoms with Crippen molar-refractivity contribution in [2.45, 2.75) is 13.8 Å². The number of rotatable bonds is 6. The van der Waals surface area contributed by atoms with Gasteiger partial charge in [-0.1, -0.05) is 15.9 Å². The van der Waals surface area contributed by atoms with Gasteiger partial charge in [-0.25, -0.2) is 4.79 Å². The second-order valence-corrected chi connectivity index (χ2v) is 6.54. The number of carbonyl (C=O) groups excluding carboxylic acids is 1. The minimum Gasteiger partial charge on any atom is -0.482 e. The summed E-state index contributed by atoms with van der Waals surface area (Å²) in [5, 5.41) is 0.358. The van der Waals surface area contributed by atoms with Crippen molar-refractivity contribution < 1.29 is 23.4 Å². The number of aryl methyl sites for hydroxylation is 1. The topological polar surface area (TPSA) is 75.0 Å². The summed E-state index contributed by atoms with van der Waals surface area (Å²) in [7, 11) is 0. The van der Waals surface area contributed by atoms with Crippen molar-refractivity contribution in [3.05, 3.63) is 62.9 Å². The number of ether oxygens (including phenoxy) is 3. The Morgan fingerprint density at radius 1 is 1.11 bits per heavy atom. The Labute approximate surface area is 163 Å². The third kappa shape index (κ3) is 4.49. The van der Waals surface area contributed by atoms with Crippen molar-refractivity contribution in [2.75, 3.05) is 13.2 Å². The van der Waals surface area contributed by atoms with Crippen LogP contribution in [0.5, 0.6) is 17.2 Å². The van der Waals surface area contributed by atoms with Gasteiger partial charge in [-0.2, -0.15) is 0 Å². The molecule has 0 aliphatic heterocycles. The molecule has 0 bridgehead atoms. The number of hydrogen-bond donors (Lipinski definition) is 0. The fourth-order valence-electron chi connectivity index (χ4n) is 2.44. The Hall–Kier alpha value is -2.80. The summed E-state index contributed by atoms with van der Waals surface area (Å²) in [6.07, 6.45) is 0. The van der Waals surface area contributed by atoms with E-state index in [1.807, 2.05) is 12.1 Å². The molecule has 0 unspecified atom stereocenters. The fraction of sp³-hybridized carbons (Fsp3) is 0.200. The largest absolute Gasteiger partial charge is 0.482 e. The molecule has 0 N–H and O–H groups in total. The lowest BCUT2D eigenvalue weighted by Crippen LogP contribution is -2.14. The van der Waals surface area contributed by atoms with E-state index < -0.39 is 5.97 Å². The summed E-state index contributed by atoms with van der Waals surface area (Å²) in [6, 6.07) is 11.9. The lowest BCUT2D eigenvalue weighted by molar-refractivity contribution is -0.145. The van der Waals surface area contributed by atoms with E-state index in [4.69, 9.17) is 18.6 Å². The highest BCUT2D eigenvalue weighted by atomic mass is 79.9. The van der Waals surface area contributed by atoms with Crippen LogP contribution < -0.4 is 14.9 Å². The van der Waals surface area contributed by atoms with Crippen LogP contribution in [0.2, 0.25) is 0 Å². The standard InChI is InChI=1S/C20H17BrO6/c1-3-24-18(22)11-25-15-8-9-16-17(10-15)26-12(2)20(19(16)23)27-14-6-4-13(21)5-7-14/h4-10H,3,11H2,1-2H3. The molecule has 0 aliphatic carbocycles. The summed E-state index contributed by atoms with van der Waals surface area (Å²) >= 11 is 3.35. The molecule has 1 heterocycles. The molecule has 0 saturated heterocycles. The van der Waals surface area contributed by atoms with Crippen molar-refractivity contribution in [3.8, 4) is 17.2 Å². The van der Waals surface area contributed by atoms with E-state index in [1.165, 1.54) is 0 Å². The van der Waals surface area contributed by atoms with Crippen LogP contribution in [0.1, 0.15) is 12.7 Å². The zero-order chi connectivity index (χ0) is 19.4. The maximum Gasteiger partial charge on any atom is 0.344 e. The first-order chi connectivity index (χ1) is 13.0. The first-order valence-electron chi connectivity index (χ1n) is 8.27. The van der Waals surface area contributed by atoms with Gasteiger partial charge in [-0.3, -0.25) is 4.79 Å². The van der Waals surface area contributed by atoms with Gasteiger partial charge in [0.05, 0.1) is 12.0 Å². The number of benzene rings is 2. The van der Waals surface area contributed by atoms with Gasteiger partial charge >= 0.3 is 5.97 Å². The van der Waals surface area contributed by atoms with Gasteiger partial charge in [0, 0.05) is 10.5 Å². The molecular formula is C20H17BrO6.